The second kappa shape index (κ2) is 5.34. The lowest BCUT2D eigenvalue weighted by molar-refractivity contribution is -0.384. The van der Waals surface area contributed by atoms with Crippen LogP contribution in [0.5, 0.6) is 0 Å². The van der Waals surface area contributed by atoms with Crippen LogP contribution in [0.25, 0.3) is 10.9 Å². The van der Waals surface area contributed by atoms with E-state index < -0.39 is 4.92 Å². The van der Waals surface area contributed by atoms with E-state index in [0.29, 0.717) is 11.5 Å². The molecule has 3 aromatic rings. The third-order valence-electron chi connectivity index (χ3n) is 2.89. The van der Waals surface area contributed by atoms with Crippen LogP contribution in [0, 0.1) is 10.1 Å². The van der Waals surface area contributed by atoms with Gasteiger partial charge in [-0.1, -0.05) is 29.8 Å². The van der Waals surface area contributed by atoms with Gasteiger partial charge in [0, 0.05) is 11.6 Å². The van der Waals surface area contributed by atoms with Gasteiger partial charge in [0.2, 0.25) is 0 Å². The number of halogens is 1. The maximum Gasteiger partial charge on any atom is 0.276 e. The molecule has 0 aliphatic heterocycles. The number of fused-ring (bicyclic) bond motifs is 1. The molecule has 3 rings (SSSR count). The summed E-state index contributed by atoms with van der Waals surface area (Å²) in [6.45, 7) is 0. The summed E-state index contributed by atoms with van der Waals surface area (Å²) in [4.78, 5) is 18.7. The molecule has 0 atom stereocenters. The Morgan fingerprint density at radius 3 is 2.81 bits per heavy atom. The molecule has 7 heteroatoms. The molecular weight excluding hydrogens is 292 g/mol. The molecule has 104 valence electrons. The Balaban J connectivity index is 2.05. The number of aromatic nitrogens is 2. The predicted molar refractivity (Wildman–Crippen MR) is 80.9 cm³/mol. The van der Waals surface area contributed by atoms with Gasteiger partial charge in [-0.2, -0.15) is 0 Å². The number of nitrogens with one attached hydrogen (secondary N) is 1. The minimum Gasteiger partial charge on any atom is -0.338 e. The van der Waals surface area contributed by atoms with E-state index in [-0.39, 0.29) is 10.8 Å². The number of pyridine rings is 2. The van der Waals surface area contributed by atoms with E-state index in [1.165, 1.54) is 12.1 Å². The summed E-state index contributed by atoms with van der Waals surface area (Å²) < 4.78 is 0. The average Bonchev–Trinajstić information content (AvgIpc) is 2.47. The molecule has 0 amide bonds. The maximum atomic E-state index is 10.8. The highest BCUT2D eigenvalue weighted by atomic mass is 35.5. The van der Waals surface area contributed by atoms with Crippen molar-refractivity contribution in [1.29, 1.82) is 0 Å². The summed E-state index contributed by atoms with van der Waals surface area (Å²) in [6.07, 6.45) is 1.68. The Morgan fingerprint density at radius 1 is 1.19 bits per heavy atom. The third-order valence-corrected chi connectivity index (χ3v) is 3.08. The highest BCUT2D eigenvalue weighted by Crippen LogP contribution is 2.26. The van der Waals surface area contributed by atoms with Gasteiger partial charge in [-0.25, -0.2) is 4.98 Å². The Kier molecular flexibility index (Phi) is 3.37. The van der Waals surface area contributed by atoms with Crippen molar-refractivity contribution in [3.63, 3.8) is 0 Å². The van der Waals surface area contributed by atoms with Gasteiger partial charge in [0.25, 0.3) is 5.69 Å². The fourth-order valence-electron chi connectivity index (χ4n) is 2.00. The van der Waals surface area contributed by atoms with Gasteiger partial charge in [0.1, 0.15) is 11.0 Å². The van der Waals surface area contributed by atoms with E-state index in [2.05, 4.69) is 15.3 Å². The molecule has 2 heterocycles. The molecule has 0 saturated heterocycles. The zero-order valence-electron chi connectivity index (χ0n) is 10.7. The van der Waals surface area contributed by atoms with Gasteiger partial charge in [0.15, 0.2) is 0 Å². The van der Waals surface area contributed by atoms with E-state index >= 15 is 0 Å². The predicted octanol–water partition coefficient (Wildman–Crippen LogP) is 3.94. The molecule has 1 aromatic carbocycles. The van der Waals surface area contributed by atoms with Crippen molar-refractivity contribution in [2.75, 3.05) is 5.32 Å². The van der Waals surface area contributed by atoms with Crippen LogP contribution in [0.15, 0.2) is 48.7 Å². The van der Waals surface area contributed by atoms with Crippen LogP contribution >= 0.6 is 11.6 Å². The Labute approximate surface area is 124 Å². The smallest absolute Gasteiger partial charge is 0.276 e. The number of hydrogen-bond acceptors (Lipinski definition) is 5. The van der Waals surface area contributed by atoms with Crippen molar-refractivity contribution in [3.05, 3.63) is 63.9 Å². The number of anilines is 2. The molecule has 1 N–H and O–H groups in total. The van der Waals surface area contributed by atoms with Crippen molar-refractivity contribution in [3.8, 4) is 0 Å². The highest BCUT2D eigenvalue weighted by molar-refractivity contribution is 6.29. The maximum absolute atomic E-state index is 10.8. The number of para-hydroxylation sites is 1. The molecule has 0 radical (unpaired) electrons. The van der Waals surface area contributed by atoms with Gasteiger partial charge >= 0.3 is 0 Å². The first-order valence-corrected chi connectivity index (χ1v) is 6.44. The summed E-state index contributed by atoms with van der Waals surface area (Å²) in [5, 5.41) is 14.9. The molecule has 0 unspecified atom stereocenters. The second-order valence-corrected chi connectivity index (χ2v) is 4.68. The monoisotopic (exact) mass is 300 g/mol. The van der Waals surface area contributed by atoms with Crippen molar-refractivity contribution in [2.45, 2.75) is 0 Å². The number of nitro groups is 1. The molecule has 0 spiro atoms. The summed E-state index contributed by atoms with van der Waals surface area (Å²) >= 11 is 5.81. The van der Waals surface area contributed by atoms with Crippen molar-refractivity contribution in [2.24, 2.45) is 0 Å². The van der Waals surface area contributed by atoms with Crippen LogP contribution in [-0.2, 0) is 0 Å². The molecule has 0 fully saturated rings. The van der Waals surface area contributed by atoms with Gasteiger partial charge in [-0.05, 0) is 12.1 Å². The van der Waals surface area contributed by atoms with E-state index in [4.69, 9.17) is 11.6 Å². The number of hydrogen-bond donors (Lipinski definition) is 1. The zero-order chi connectivity index (χ0) is 14.8. The third kappa shape index (κ3) is 2.75. The molecule has 2 aromatic heterocycles. The van der Waals surface area contributed by atoms with Crippen LogP contribution in [0.3, 0.4) is 0 Å². The van der Waals surface area contributed by atoms with Crippen LogP contribution in [0.4, 0.5) is 17.2 Å². The standard InChI is InChI=1S/C14H9ClN4O2/c15-12-7-10(19(20)21)8-13(18-12)17-11-5-1-3-9-4-2-6-16-14(9)11/h1-8H,(H,17,18). The van der Waals surface area contributed by atoms with Gasteiger partial charge in [0.05, 0.1) is 28.3 Å². The lowest BCUT2D eigenvalue weighted by Gasteiger charge is -2.08. The Bertz CT molecular complexity index is 833. The molecule has 6 nitrogen and oxygen atoms in total. The van der Waals surface area contributed by atoms with Crippen LogP contribution in [0.2, 0.25) is 5.15 Å². The van der Waals surface area contributed by atoms with E-state index in [1.54, 1.807) is 6.20 Å². The summed E-state index contributed by atoms with van der Waals surface area (Å²) in [6, 6.07) is 11.9. The van der Waals surface area contributed by atoms with Gasteiger partial charge in [-0.3, -0.25) is 15.1 Å². The molecule has 0 aliphatic rings. The van der Waals surface area contributed by atoms with Crippen LogP contribution in [-0.4, -0.2) is 14.9 Å². The first-order valence-electron chi connectivity index (χ1n) is 6.06. The minimum absolute atomic E-state index is 0.0555. The molecule has 0 aliphatic carbocycles. The van der Waals surface area contributed by atoms with Crippen molar-refractivity contribution < 1.29 is 4.92 Å². The van der Waals surface area contributed by atoms with Gasteiger partial charge < -0.3 is 5.32 Å². The first kappa shape index (κ1) is 13.3. The second-order valence-electron chi connectivity index (χ2n) is 4.30. The Morgan fingerprint density at radius 2 is 2.00 bits per heavy atom. The minimum atomic E-state index is -0.514. The number of nitrogens with zero attached hydrogens (tertiary/aromatic N) is 3. The molecule has 21 heavy (non-hydrogen) atoms. The molecular formula is C14H9ClN4O2. The number of rotatable bonds is 3. The molecule has 0 saturated carbocycles. The van der Waals surface area contributed by atoms with Crippen molar-refractivity contribution >= 4 is 39.7 Å². The van der Waals surface area contributed by atoms with E-state index in [0.717, 1.165) is 10.9 Å². The number of benzene rings is 1. The summed E-state index contributed by atoms with van der Waals surface area (Å²) in [5.41, 5.74) is 1.34. The van der Waals surface area contributed by atoms with Crippen LogP contribution in [0.1, 0.15) is 0 Å². The molecule has 0 bridgehead atoms. The topological polar surface area (TPSA) is 81.0 Å². The van der Waals surface area contributed by atoms with E-state index in [1.807, 2.05) is 30.3 Å². The lowest BCUT2D eigenvalue weighted by Crippen LogP contribution is -1.97. The van der Waals surface area contributed by atoms with Crippen LogP contribution < -0.4 is 5.32 Å². The normalized spacial score (nSPS) is 10.5. The first-order chi connectivity index (χ1) is 10.1. The fourth-order valence-corrected chi connectivity index (χ4v) is 2.20. The summed E-state index contributed by atoms with van der Waals surface area (Å²) in [5.74, 6) is 0.298. The largest absolute Gasteiger partial charge is 0.338 e. The average molecular weight is 301 g/mol. The Hall–Kier alpha value is -2.73. The SMILES string of the molecule is O=[N+]([O-])c1cc(Cl)nc(Nc2cccc3cccnc23)c1. The van der Waals surface area contributed by atoms with Gasteiger partial charge in [-0.15, -0.1) is 0 Å². The lowest BCUT2D eigenvalue weighted by atomic mass is 10.2. The van der Waals surface area contributed by atoms with E-state index in [9.17, 15) is 10.1 Å². The quantitative estimate of drug-likeness (QED) is 0.450. The fraction of sp³-hybridized carbons (Fsp3) is 0. The zero-order valence-corrected chi connectivity index (χ0v) is 11.4. The van der Waals surface area contributed by atoms with Crippen molar-refractivity contribution in [1.82, 2.24) is 9.97 Å². The highest BCUT2D eigenvalue weighted by Gasteiger charge is 2.11. The summed E-state index contributed by atoms with van der Waals surface area (Å²) in [7, 11) is 0.